The van der Waals surface area contributed by atoms with Crippen molar-refractivity contribution < 1.29 is 9.53 Å². The first-order valence-electron chi connectivity index (χ1n) is 9.34. The van der Waals surface area contributed by atoms with Crippen LogP contribution in [0, 0.1) is 20.8 Å². The molecule has 0 aliphatic carbocycles. The van der Waals surface area contributed by atoms with E-state index in [0.29, 0.717) is 16.5 Å². The lowest BCUT2D eigenvalue weighted by molar-refractivity contribution is -0.115. The van der Waals surface area contributed by atoms with Crippen LogP contribution in [0.4, 0.5) is 5.13 Å². The predicted molar refractivity (Wildman–Crippen MR) is 116 cm³/mol. The Morgan fingerprint density at radius 3 is 2.80 bits per heavy atom. The van der Waals surface area contributed by atoms with E-state index in [-0.39, 0.29) is 17.9 Å². The molecule has 0 spiro atoms. The number of anilines is 1. The Labute approximate surface area is 176 Å². The number of rotatable bonds is 5. The highest BCUT2D eigenvalue weighted by atomic mass is 32.1. The van der Waals surface area contributed by atoms with Crippen molar-refractivity contribution in [2.75, 3.05) is 12.4 Å². The van der Waals surface area contributed by atoms with E-state index in [0.717, 1.165) is 33.8 Å². The van der Waals surface area contributed by atoms with Crippen molar-refractivity contribution in [1.29, 1.82) is 0 Å². The molecule has 1 amide bonds. The molecule has 30 heavy (non-hydrogen) atoms. The zero-order valence-electron chi connectivity index (χ0n) is 17.1. The van der Waals surface area contributed by atoms with Gasteiger partial charge in [-0.1, -0.05) is 11.6 Å². The molecule has 0 saturated carbocycles. The van der Waals surface area contributed by atoms with E-state index in [1.807, 2.05) is 44.4 Å². The molecule has 0 unspecified atom stereocenters. The number of ether oxygens (including phenoxy) is 1. The first kappa shape index (κ1) is 19.8. The predicted octanol–water partition coefficient (Wildman–Crippen LogP) is 3.26. The molecule has 3 heterocycles. The Kier molecular flexibility index (Phi) is 5.13. The summed E-state index contributed by atoms with van der Waals surface area (Å²) in [6, 6.07) is 7.32. The molecule has 4 aromatic rings. The fourth-order valence-electron chi connectivity index (χ4n) is 3.41. The van der Waals surface area contributed by atoms with Gasteiger partial charge in [0, 0.05) is 34.0 Å². The molecule has 0 saturated heterocycles. The number of benzene rings is 1. The van der Waals surface area contributed by atoms with Gasteiger partial charge in [-0.15, -0.1) is 11.3 Å². The number of carbonyl (C=O) groups is 1. The van der Waals surface area contributed by atoms with Gasteiger partial charge in [-0.25, -0.2) is 14.5 Å². The van der Waals surface area contributed by atoms with Gasteiger partial charge in [0.05, 0.1) is 19.2 Å². The molecule has 0 bridgehead atoms. The van der Waals surface area contributed by atoms with Gasteiger partial charge in [0.25, 0.3) is 5.56 Å². The molecule has 154 valence electrons. The smallest absolute Gasteiger partial charge is 0.266 e. The van der Waals surface area contributed by atoms with Crippen molar-refractivity contribution in [3.63, 3.8) is 0 Å². The van der Waals surface area contributed by atoms with Gasteiger partial charge in [-0.3, -0.25) is 14.7 Å². The van der Waals surface area contributed by atoms with Gasteiger partial charge in [0.15, 0.2) is 10.8 Å². The van der Waals surface area contributed by atoms with Crippen molar-refractivity contribution in [2.45, 2.75) is 27.2 Å². The highest BCUT2D eigenvalue weighted by molar-refractivity contribution is 7.14. The highest BCUT2D eigenvalue weighted by Gasteiger charge is 2.16. The summed E-state index contributed by atoms with van der Waals surface area (Å²) in [5.74, 6) is 0.532. The molecule has 9 heteroatoms. The third-order valence-corrected chi connectivity index (χ3v) is 5.68. The minimum atomic E-state index is -0.228. The molecule has 0 radical (unpaired) electrons. The van der Waals surface area contributed by atoms with Crippen LogP contribution in [0.2, 0.25) is 0 Å². The number of thiazole rings is 1. The molecule has 0 aliphatic rings. The molecule has 4 rings (SSSR count). The zero-order chi connectivity index (χ0) is 21.4. The van der Waals surface area contributed by atoms with Crippen LogP contribution < -0.4 is 15.6 Å². The fraction of sp³-hybridized carbons (Fsp3) is 0.238. The number of aromatic amines is 1. The maximum absolute atomic E-state index is 12.7. The van der Waals surface area contributed by atoms with Gasteiger partial charge in [-0.05, 0) is 32.9 Å². The largest absolute Gasteiger partial charge is 0.496 e. The molecule has 8 nitrogen and oxygen atoms in total. The SMILES string of the molecule is COc1ccc(C)cc1-c1csc(NC(=O)Cc2c(C)nc3cc(=O)[nH]n3c2C)n1. The quantitative estimate of drug-likeness (QED) is 0.513. The van der Waals surface area contributed by atoms with E-state index in [1.54, 1.807) is 11.6 Å². The Morgan fingerprint density at radius 1 is 1.23 bits per heavy atom. The second-order valence-electron chi connectivity index (χ2n) is 7.04. The molecular formula is C21H21N5O3S. The summed E-state index contributed by atoms with van der Waals surface area (Å²) >= 11 is 1.36. The Bertz CT molecular complexity index is 1320. The number of amides is 1. The van der Waals surface area contributed by atoms with Gasteiger partial charge in [0.2, 0.25) is 5.91 Å². The summed E-state index contributed by atoms with van der Waals surface area (Å²) in [4.78, 5) is 33.2. The zero-order valence-corrected chi connectivity index (χ0v) is 17.9. The molecule has 2 N–H and O–H groups in total. The number of fused-ring (bicyclic) bond motifs is 1. The fourth-order valence-corrected chi connectivity index (χ4v) is 4.14. The van der Waals surface area contributed by atoms with Gasteiger partial charge in [-0.2, -0.15) is 0 Å². The normalized spacial score (nSPS) is 11.1. The van der Waals surface area contributed by atoms with Crippen molar-refractivity contribution in [3.8, 4) is 17.0 Å². The number of nitrogens with one attached hydrogen (secondary N) is 2. The Balaban J connectivity index is 1.56. The van der Waals surface area contributed by atoms with Crippen molar-refractivity contribution in [3.05, 3.63) is 62.5 Å². The first-order valence-corrected chi connectivity index (χ1v) is 10.2. The summed E-state index contributed by atoms with van der Waals surface area (Å²) in [7, 11) is 1.62. The molecule has 0 atom stereocenters. The van der Waals surface area contributed by atoms with Crippen molar-refractivity contribution >= 4 is 28.0 Å². The topological polar surface area (TPSA) is 101 Å². The van der Waals surface area contributed by atoms with E-state index >= 15 is 0 Å². The summed E-state index contributed by atoms with van der Waals surface area (Å²) in [6.45, 7) is 5.69. The number of nitrogens with zero attached hydrogens (tertiary/aromatic N) is 3. The number of hydrogen-bond donors (Lipinski definition) is 2. The second kappa shape index (κ2) is 7.75. The maximum atomic E-state index is 12.7. The lowest BCUT2D eigenvalue weighted by Gasteiger charge is -2.11. The van der Waals surface area contributed by atoms with Gasteiger partial charge in [0.1, 0.15) is 5.75 Å². The van der Waals surface area contributed by atoms with Gasteiger partial charge < -0.3 is 10.1 Å². The first-order chi connectivity index (χ1) is 14.4. The molecule has 0 fully saturated rings. The summed E-state index contributed by atoms with van der Waals surface area (Å²) in [6.07, 6.45) is 0.128. The van der Waals surface area contributed by atoms with E-state index in [2.05, 4.69) is 20.4 Å². The van der Waals surface area contributed by atoms with Crippen molar-refractivity contribution in [1.82, 2.24) is 19.6 Å². The van der Waals surface area contributed by atoms with E-state index in [4.69, 9.17) is 4.74 Å². The average Bonchev–Trinajstić information content (AvgIpc) is 3.31. The minimum Gasteiger partial charge on any atom is -0.496 e. The average molecular weight is 423 g/mol. The standard InChI is InChI=1S/C21H21N5O3S/c1-11-5-6-17(29-4)15(7-11)16-10-30-21(23-16)24-19(27)8-14-12(2)22-18-9-20(28)25-26(18)13(14)3/h5-7,9-10H,8H2,1-4H3,(H,25,28)(H,23,24,27). The van der Waals surface area contributed by atoms with Crippen LogP contribution >= 0.6 is 11.3 Å². The van der Waals surface area contributed by atoms with Crippen LogP contribution in [0.1, 0.15) is 22.5 Å². The number of methoxy groups -OCH3 is 1. The number of hydrogen-bond acceptors (Lipinski definition) is 6. The van der Waals surface area contributed by atoms with Crippen LogP contribution in [-0.4, -0.2) is 32.6 Å². The third kappa shape index (κ3) is 3.71. The number of carbonyl (C=O) groups excluding carboxylic acids is 1. The highest BCUT2D eigenvalue weighted by Crippen LogP contribution is 2.33. The lowest BCUT2D eigenvalue weighted by atomic mass is 10.1. The Hall–Kier alpha value is -3.46. The number of aromatic nitrogens is 4. The molecule has 1 aromatic carbocycles. The summed E-state index contributed by atoms with van der Waals surface area (Å²) in [5.41, 5.74) is 5.29. The molecule has 0 aliphatic heterocycles. The molecular weight excluding hydrogens is 402 g/mol. The maximum Gasteiger partial charge on any atom is 0.266 e. The van der Waals surface area contributed by atoms with Crippen LogP contribution in [-0.2, 0) is 11.2 Å². The monoisotopic (exact) mass is 423 g/mol. The van der Waals surface area contributed by atoms with Gasteiger partial charge >= 0.3 is 0 Å². The summed E-state index contributed by atoms with van der Waals surface area (Å²) in [5, 5.41) is 7.96. The second-order valence-corrected chi connectivity index (χ2v) is 7.90. The van der Waals surface area contributed by atoms with E-state index in [9.17, 15) is 9.59 Å². The number of aryl methyl sites for hydroxylation is 3. The van der Waals surface area contributed by atoms with E-state index in [1.165, 1.54) is 17.4 Å². The molecule has 3 aromatic heterocycles. The lowest BCUT2D eigenvalue weighted by Crippen LogP contribution is -2.17. The van der Waals surface area contributed by atoms with E-state index < -0.39 is 0 Å². The van der Waals surface area contributed by atoms with Crippen LogP contribution in [0.25, 0.3) is 16.9 Å². The third-order valence-electron chi connectivity index (χ3n) is 4.92. The van der Waals surface area contributed by atoms with Crippen LogP contribution in [0.15, 0.2) is 34.4 Å². The van der Waals surface area contributed by atoms with Crippen LogP contribution in [0.5, 0.6) is 5.75 Å². The Morgan fingerprint density at radius 2 is 2.03 bits per heavy atom. The number of H-pyrrole nitrogens is 1. The van der Waals surface area contributed by atoms with Crippen molar-refractivity contribution in [2.24, 2.45) is 0 Å². The minimum absolute atomic E-state index is 0.128. The van der Waals surface area contributed by atoms with Crippen LogP contribution in [0.3, 0.4) is 0 Å². The summed E-state index contributed by atoms with van der Waals surface area (Å²) < 4.78 is 7.03.